The second-order valence-corrected chi connectivity index (χ2v) is 6.87. The SMILES string of the molecule is CC(=O)NC1CCN(C(=O)c2nc(-c3ccco3)sc2C)CC1. The van der Waals surface area contributed by atoms with Gasteiger partial charge in [0.2, 0.25) is 5.91 Å². The first-order valence-corrected chi connectivity index (χ1v) is 8.44. The fourth-order valence-electron chi connectivity index (χ4n) is 2.76. The fraction of sp³-hybridized carbons (Fsp3) is 0.438. The predicted octanol–water partition coefficient (Wildman–Crippen LogP) is 2.45. The van der Waals surface area contributed by atoms with Crippen molar-refractivity contribution in [1.82, 2.24) is 15.2 Å². The Morgan fingerprint density at radius 1 is 1.39 bits per heavy atom. The van der Waals surface area contributed by atoms with Crippen molar-refractivity contribution in [2.75, 3.05) is 13.1 Å². The van der Waals surface area contributed by atoms with Gasteiger partial charge in [0, 0.05) is 30.9 Å². The van der Waals surface area contributed by atoms with Crippen molar-refractivity contribution in [3.63, 3.8) is 0 Å². The van der Waals surface area contributed by atoms with Crippen molar-refractivity contribution in [3.8, 4) is 10.8 Å². The minimum absolute atomic E-state index is 0.0202. The van der Waals surface area contributed by atoms with Crippen molar-refractivity contribution >= 4 is 23.2 Å². The molecule has 1 N–H and O–H groups in total. The van der Waals surface area contributed by atoms with Crippen LogP contribution in [-0.4, -0.2) is 40.8 Å². The monoisotopic (exact) mass is 333 g/mol. The van der Waals surface area contributed by atoms with Gasteiger partial charge in [0.15, 0.2) is 10.8 Å². The summed E-state index contributed by atoms with van der Waals surface area (Å²) in [5.41, 5.74) is 0.499. The van der Waals surface area contributed by atoms with Crippen LogP contribution in [0.25, 0.3) is 10.8 Å². The summed E-state index contributed by atoms with van der Waals surface area (Å²) >= 11 is 1.46. The molecule has 1 aliphatic heterocycles. The van der Waals surface area contributed by atoms with Crippen molar-refractivity contribution in [3.05, 3.63) is 29.0 Å². The van der Waals surface area contributed by atoms with Gasteiger partial charge >= 0.3 is 0 Å². The summed E-state index contributed by atoms with van der Waals surface area (Å²) in [5.74, 6) is 0.618. The van der Waals surface area contributed by atoms with Gasteiger partial charge in [0.05, 0.1) is 6.26 Å². The largest absolute Gasteiger partial charge is 0.462 e. The number of nitrogens with zero attached hydrogens (tertiary/aromatic N) is 2. The standard InChI is InChI=1S/C16H19N3O3S/c1-10-14(18-15(23-10)13-4-3-9-22-13)16(21)19-7-5-12(6-8-19)17-11(2)20/h3-4,9,12H,5-8H2,1-2H3,(H,17,20). The molecular formula is C16H19N3O3S. The molecule has 6 nitrogen and oxygen atoms in total. The lowest BCUT2D eigenvalue weighted by molar-refractivity contribution is -0.119. The van der Waals surface area contributed by atoms with E-state index < -0.39 is 0 Å². The van der Waals surface area contributed by atoms with Gasteiger partial charge in [-0.15, -0.1) is 11.3 Å². The van der Waals surface area contributed by atoms with Gasteiger partial charge in [-0.1, -0.05) is 0 Å². The van der Waals surface area contributed by atoms with E-state index >= 15 is 0 Å². The van der Waals surface area contributed by atoms with E-state index in [9.17, 15) is 9.59 Å². The van der Waals surface area contributed by atoms with Crippen LogP contribution in [-0.2, 0) is 4.79 Å². The van der Waals surface area contributed by atoms with Gasteiger partial charge in [0.25, 0.3) is 5.91 Å². The van der Waals surface area contributed by atoms with E-state index in [-0.39, 0.29) is 17.9 Å². The zero-order valence-electron chi connectivity index (χ0n) is 13.2. The Labute approximate surface area is 138 Å². The zero-order valence-corrected chi connectivity index (χ0v) is 14.0. The van der Waals surface area contributed by atoms with Gasteiger partial charge in [-0.25, -0.2) is 4.98 Å². The molecule has 3 rings (SSSR count). The topological polar surface area (TPSA) is 75.4 Å². The molecule has 0 bridgehead atoms. The number of nitrogens with one attached hydrogen (secondary N) is 1. The molecule has 1 saturated heterocycles. The summed E-state index contributed by atoms with van der Waals surface area (Å²) in [6.45, 7) is 4.70. The van der Waals surface area contributed by atoms with Crippen LogP contribution in [0.3, 0.4) is 0 Å². The van der Waals surface area contributed by atoms with Crippen LogP contribution >= 0.6 is 11.3 Å². The van der Waals surface area contributed by atoms with Crippen molar-refractivity contribution < 1.29 is 14.0 Å². The smallest absolute Gasteiger partial charge is 0.273 e. The first-order chi connectivity index (χ1) is 11.0. The summed E-state index contributed by atoms with van der Waals surface area (Å²) in [4.78, 5) is 30.9. The molecule has 1 aliphatic rings. The molecule has 0 unspecified atom stereocenters. The van der Waals surface area contributed by atoms with Crippen molar-refractivity contribution in [2.24, 2.45) is 0 Å². The number of aromatic nitrogens is 1. The number of aryl methyl sites for hydroxylation is 1. The minimum Gasteiger partial charge on any atom is -0.462 e. The molecule has 23 heavy (non-hydrogen) atoms. The third-order valence-corrected chi connectivity index (χ3v) is 4.91. The number of carbonyl (C=O) groups excluding carboxylic acids is 2. The first kappa shape index (κ1) is 15.7. The Morgan fingerprint density at radius 2 is 2.13 bits per heavy atom. The van der Waals surface area contributed by atoms with E-state index in [1.807, 2.05) is 17.9 Å². The number of carbonyl (C=O) groups is 2. The molecule has 2 aromatic heterocycles. The highest BCUT2D eigenvalue weighted by Crippen LogP contribution is 2.29. The second kappa shape index (κ2) is 6.54. The Balaban J connectivity index is 1.68. The number of hydrogen-bond acceptors (Lipinski definition) is 5. The summed E-state index contributed by atoms with van der Waals surface area (Å²) in [6.07, 6.45) is 3.15. The van der Waals surface area contributed by atoms with Crippen molar-refractivity contribution in [1.29, 1.82) is 0 Å². The highest BCUT2D eigenvalue weighted by molar-refractivity contribution is 7.15. The van der Waals surface area contributed by atoms with E-state index in [2.05, 4.69) is 10.3 Å². The molecule has 1 fully saturated rings. The highest BCUT2D eigenvalue weighted by atomic mass is 32.1. The van der Waals surface area contributed by atoms with E-state index in [0.717, 1.165) is 22.7 Å². The number of hydrogen-bond donors (Lipinski definition) is 1. The van der Waals surface area contributed by atoms with Crippen molar-refractivity contribution in [2.45, 2.75) is 32.7 Å². The van der Waals surface area contributed by atoms with Gasteiger partial charge in [-0.05, 0) is 31.9 Å². The van der Waals surface area contributed by atoms with E-state index in [4.69, 9.17) is 4.42 Å². The van der Waals surface area contributed by atoms with Crippen LogP contribution in [0.15, 0.2) is 22.8 Å². The average molecular weight is 333 g/mol. The number of amides is 2. The first-order valence-electron chi connectivity index (χ1n) is 7.62. The molecule has 0 radical (unpaired) electrons. The van der Waals surface area contributed by atoms with Crippen LogP contribution in [0.5, 0.6) is 0 Å². The second-order valence-electron chi connectivity index (χ2n) is 5.67. The molecule has 2 amide bonds. The summed E-state index contributed by atoms with van der Waals surface area (Å²) in [6, 6.07) is 3.80. The number of furan rings is 1. The highest BCUT2D eigenvalue weighted by Gasteiger charge is 2.27. The van der Waals surface area contributed by atoms with Gasteiger partial charge < -0.3 is 14.6 Å². The Kier molecular flexibility index (Phi) is 4.47. The van der Waals surface area contributed by atoms with E-state index in [1.54, 1.807) is 12.3 Å². The molecule has 0 spiro atoms. The summed E-state index contributed by atoms with van der Waals surface area (Å²) in [5, 5.41) is 3.64. The van der Waals surface area contributed by atoms with Crippen LogP contribution < -0.4 is 5.32 Å². The molecule has 0 saturated carbocycles. The molecule has 0 aliphatic carbocycles. The molecule has 122 valence electrons. The minimum atomic E-state index is -0.0437. The molecule has 3 heterocycles. The maximum absolute atomic E-state index is 12.7. The van der Waals surface area contributed by atoms with Gasteiger partial charge in [-0.2, -0.15) is 0 Å². The quantitative estimate of drug-likeness (QED) is 0.936. The maximum atomic E-state index is 12.7. The molecule has 7 heteroatoms. The predicted molar refractivity (Wildman–Crippen MR) is 87.3 cm³/mol. The number of piperidine rings is 1. The van der Waals surface area contributed by atoms with Crippen LogP contribution in [0.2, 0.25) is 0 Å². The van der Waals surface area contributed by atoms with E-state index in [0.29, 0.717) is 24.5 Å². The van der Waals surface area contributed by atoms with Crippen LogP contribution in [0.4, 0.5) is 0 Å². The third kappa shape index (κ3) is 3.44. The van der Waals surface area contributed by atoms with Gasteiger partial charge in [0.1, 0.15) is 5.69 Å². The maximum Gasteiger partial charge on any atom is 0.273 e. The molecule has 2 aromatic rings. The number of thiazole rings is 1. The van der Waals surface area contributed by atoms with Crippen LogP contribution in [0.1, 0.15) is 35.1 Å². The summed E-state index contributed by atoms with van der Waals surface area (Å²) < 4.78 is 5.35. The van der Waals surface area contributed by atoms with Crippen LogP contribution in [0, 0.1) is 6.92 Å². The number of likely N-dealkylation sites (tertiary alicyclic amines) is 1. The molecule has 0 aromatic carbocycles. The lowest BCUT2D eigenvalue weighted by Gasteiger charge is -2.31. The van der Waals surface area contributed by atoms with Gasteiger partial charge in [-0.3, -0.25) is 9.59 Å². The lowest BCUT2D eigenvalue weighted by Crippen LogP contribution is -2.46. The van der Waals surface area contributed by atoms with E-state index in [1.165, 1.54) is 18.3 Å². The fourth-order valence-corrected chi connectivity index (χ4v) is 3.64. The normalized spacial score (nSPS) is 15.7. The average Bonchev–Trinajstić information content (AvgIpc) is 3.16. The molecular weight excluding hydrogens is 314 g/mol. The Hall–Kier alpha value is -2.15. The Morgan fingerprint density at radius 3 is 2.74 bits per heavy atom. The third-order valence-electron chi connectivity index (χ3n) is 3.92. The molecule has 0 atom stereocenters. The number of rotatable bonds is 3. The lowest BCUT2D eigenvalue weighted by atomic mass is 10.0. The Bertz CT molecular complexity index is 700. The summed E-state index contributed by atoms with van der Waals surface area (Å²) in [7, 11) is 0. The zero-order chi connectivity index (χ0) is 16.4.